The zero-order chi connectivity index (χ0) is 20.9. The van der Waals surface area contributed by atoms with Crippen molar-refractivity contribution in [1.29, 1.82) is 5.26 Å². The Balaban J connectivity index is 3.12. The summed E-state index contributed by atoms with van der Waals surface area (Å²) >= 11 is 0. The van der Waals surface area contributed by atoms with E-state index in [2.05, 4.69) is 11.4 Å². The number of carbonyl (C=O) groups excluding carboxylic acids is 1. The minimum Gasteiger partial charge on any atom is -0.444 e. The predicted octanol–water partition coefficient (Wildman–Crippen LogP) is 5.36. The highest BCUT2D eigenvalue weighted by molar-refractivity contribution is 5.67. The molecule has 0 aromatic carbocycles. The average Bonchev–Trinajstić information content (AvgIpc) is 2.62. The lowest BCUT2D eigenvalue weighted by Gasteiger charge is -2.19. The molecule has 1 N–H and O–H groups in total. The molecule has 6 heteroatoms. The third-order valence-electron chi connectivity index (χ3n) is 4.04. The second kappa shape index (κ2) is 19.0. The molecule has 0 saturated carbocycles. The van der Waals surface area contributed by atoms with Crippen molar-refractivity contribution >= 4 is 6.09 Å². The topological polar surface area (TPSA) is 80.6 Å². The Hall–Kier alpha value is -1.32. The number of carbonyl (C=O) groups is 1. The molecule has 6 nitrogen and oxygen atoms in total. The SMILES string of the molecule is CC(C)(C)OC(=O)NCCCCOCCCCCCCCOCCCCC#N. The molecular weight excluding hydrogens is 356 g/mol. The number of ether oxygens (including phenoxy) is 3. The van der Waals surface area contributed by atoms with E-state index >= 15 is 0 Å². The van der Waals surface area contributed by atoms with Crippen molar-refractivity contribution in [2.75, 3.05) is 33.0 Å². The molecule has 0 aliphatic heterocycles. The first-order valence-electron chi connectivity index (χ1n) is 10.9. The van der Waals surface area contributed by atoms with Gasteiger partial charge in [-0.05, 0) is 59.3 Å². The molecule has 0 bridgehead atoms. The zero-order valence-electron chi connectivity index (χ0n) is 18.4. The van der Waals surface area contributed by atoms with Gasteiger partial charge in [0.1, 0.15) is 5.60 Å². The quantitative estimate of drug-likeness (QED) is 0.314. The summed E-state index contributed by atoms with van der Waals surface area (Å²) in [6.45, 7) is 9.41. The summed E-state index contributed by atoms with van der Waals surface area (Å²) in [6.07, 6.45) is 11.3. The van der Waals surface area contributed by atoms with Gasteiger partial charge in [0.25, 0.3) is 0 Å². The van der Waals surface area contributed by atoms with Crippen molar-refractivity contribution in [3.8, 4) is 6.07 Å². The van der Waals surface area contributed by atoms with Gasteiger partial charge in [0, 0.05) is 39.4 Å². The first kappa shape index (κ1) is 26.7. The van der Waals surface area contributed by atoms with Crippen LogP contribution in [0.15, 0.2) is 0 Å². The van der Waals surface area contributed by atoms with Crippen LogP contribution in [0.3, 0.4) is 0 Å². The van der Waals surface area contributed by atoms with E-state index in [0.29, 0.717) is 13.0 Å². The maximum Gasteiger partial charge on any atom is 0.407 e. The molecule has 0 saturated heterocycles. The third-order valence-corrected chi connectivity index (χ3v) is 4.04. The molecule has 0 unspecified atom stereocenters. The van der Waals surface area contributed by atoms with E-state index in [9.17, 15) is 4.79 Å². The molecule has 0 aromatic rings. The van der Waals surface area contributed by atoms with E-state index < -0.39 is 5.60 Å². The number of amides is 1. The third kappa shape index (κ3) is 22.7. The molecule has 0 rings (SSSR count). The lowest BCUT2D eigenvalue weighted by Crippen LogP contribution is -2.33. The summed E-state index contributed by atoms with van der Waals surface area (Å²) < 4.78 is 16.4. The molecule has 0 aromatic heterocycles. The summed E-state index contributed by atoms with van der Waals surface area (Å²) in [5, 5.41) is 11.2. The molecule has 0 atom stereocenters. The van der Waals surface area contributed by atoms with E-state index in [-0.39, 0.29) is 6.09 Å². The number of alkyl carbamates (subject to hydrolysis) is 1. The maximum atomic E-state index is 11.5. The number of nitriles is 1. The summed E-state index contributed by atoms with van der Waals surface area (Å²) in [4.78, 5) is 11.5. The fourth-order valence-electron chi connectivity index (χ4n) is 2.56. The van der Waals surface area contributed by atoms with Crippen molar-refractivity contribution in [3.63, 3.8) is 0 Å². The van der Waals surface area contributed by atoms with Gasteiger partial charge in [-0.25, -0.2) is 4.79 Å². The lowest BCUT2D eigenvalue weighted by atomic mass is 10.1. The highest BCUT2D eigenvalue weighted by atomic mass is 16.6. The Labute approximate surface area is 172 Å². The van der Waals surface area contributed by atoms with Gasteiger partial charge in [-0.1, -0.05) is 25.7 Å². The van der Waals surface area contributed by atoms with Crippen LogP contribution in [0, 0.1) is 11.3 Å². The fourth-order valence-corrected chi connectivity index (χ4v) is 2.56. The molecule has 0 heterocycles. The second-order valence-corrected chi connectivity index (χ2v) is 8.10. The van der Waals surface area contributed by atoms with Crippen molar-refractivity contribution in [1.82, 2.24) is 5.32 Å². The van der Waals surface area contributed by atoms with Gasteiger partial charge in [0.05, 0.1) is 6.07 Å². The van der Waals surface area contributed by atoms with Gasteiger partial charge in [0.2, 0.25) is 0 Å². The number of rotatable bonds is 18. The van der Waals surface area contributed by atoms with Crippen LogP contribution in [-0.2, 0) is 14.2 Å². The average molecular weight is 399 g/mol. The molecule has 0 aliphatic rings. The molecule has 0 spiro atoms. The monoisotopic (exact) mass is 398 g/mol. The lowest BCUT2D eigenvalue weighted by molar-refractivity contribution is 0.0524. The van der Waals surface area contributed by atoms with Crippen LogP contribution in [0.25, 0.3) is 0 Å². The van der Waals surface area contributed by atoms with Gasteiger partial charge in [-0.2, -0.15) is 5.26 Å². The van der Waals surface area contributed by atoms with Crippen LogP contribution in [0.4, 0.5) is 4.79 Å². The summed E-state index contributed by atoms with van der Waals surface area (Å²) in [5.74, 6) is 0. The summed E-state index contributed by atoms with van der Waals surface area (Å²) in [6, 6.07) is 2.15. The van der Waals surface area contributed by atoms with Crippen LogP contribution in [0.1, 0.15) is 91.4 Å². The Bertz CT molecular complexity index is 402. The highest BCUT2D eigenvalue weighted by Crippen LogP contribution is 2.07. The first-order chi connectivity index (χ1) is 13.5. The van der Waals surface area contributed by atoms with Crippen LogP contribution in [-0.4, -0.2) is 44.7 Å². The number of unbranched alkanes of at least 4 members (excludes halogenated alkanes) is 8. The molecule has 0 aliphatic carbocycles. The molecule has 1 amide bonds. The van der Waals surface area contributed by atoms with Crippen LogP contribution < -0.4 is 5.32 Å². The van der Waals surface area contributed by atoms with Crippen molar-refractivity contribution in [2.45, 2.75) is 97.0 Å². The zero-order valence-corrected chi connectivity index (χ0v) is 18.4. The van der Waals surface area contributed by atoms with E-state index in [1.54, 1.807) is 0 Å². The Morgan fingerprint density at radius 1 is 0.786 bits per heavy atom. The van der Waals surface area contributed by atoms with Crippen LogP contribution in [0.2, 0.25) is 0 Å². The highest BCUT2D eigenvalue weighted by Gasteiger charge is 2.15. The largest absolute Gasteiger partial charge is 0.444 e. The van der Waals surface area contributed by atoms with E-state index in [1.807, 2.05) is 20.8 Å². The maximum absolute atomic E-state index is 11.5. The van der Waals surface area contributed by atoms with E-state index in [0.717, 1.165) is 65.0 Å². The van der Waals surface area contributed by atoms with E-state index in [4.69, 9.17) is 19.5 Å². The Morgan fingerprint density at radius 3 is 1.75 bits per heavy atom. The normalized spacial score (nSPS) is 11.2. The van der Waals surface area contributed by atoms with E-state index in [1.165, 1.54) is 25.7 Å². The van der Waals surface area contributed by atoms with Crippen molar-refractivity contribution in [2.24, 2.45) is 0 Å². The van der Waals surface area contributed by atoms with Crippen LogP contribution in [0.5, 0.6) is 0 Å². The number of nitrogens with zero attached hydrogens (tertiary/aromatic N) is 1. The number of nitrogens with one attached hydrogen (secondary N) is 1. The van der Waals surface area contributed by atoms with Gasteiger partial charge in [-0.3, -0.25) is 0 Å². The molecule has 164 valence electrons. The van der Waals surface area contributed by atoms with Gasteiger partial charge < -0.3 is 19.5 Å². The van der Waals surface area contributed by atoms with Crippen molar-refractivity contribution in [3.05, 3.63) is 0 Å². The Morgan fingerprint density at radius 2 is 1.25 bits per heavy atom. The number of hydrogen-bond acceptors (Lipinski definition) is 5. The minimum absolute atomic E-state index is 0.351. The summed E-state index contributed by atoms with van der Waals surface area (Å²) in [5.41, 5.74) is -0.444. The minimum atomic E-state index is -0.444. The van der Waals surface area contributed by atoms with Gasteiger partial charge in [0.15, 0.2) is 0 Å². The standard InChI is InChI=1S/C22H42N2O4/c1-22(2,3)28-21(25)24-16-10-14-20-27-18-12-7-5-4-6-11-17-26-19-13-8-9-15-23/h4-14,16-20H2,1-3H3,(H,24,25). The molecular formula is C22H42N2O4. The molecule has 0 radical (unpaired) electrons. The van der Waals surface area contributed by atoms with Gasteiger partial charge >= 0.3 is 6.09 Å². The second-order valence-electron chi connectivity index (χ2n) is 8.10. The molecule has 28 heavy (non-hydrogen) atoms. The van der Waals surface area contributed by atoms with Gasteiger partial charge in [-0.15, -0.1) is 0 Å². The number of hydrogen-bond donors (Lipinski definition) is 1. The fraction of sp³-hybridized carbons (Fsp3) is 0.909. The Kier molecular flexibility index (Phi) is 18.1. The predicted molar refractivity (Wildman–Crippen MR) is 112 cm³/mol. The summed E-state index contributed by atoms with van der Waals surface area (Å²) in [7, 11) is 0. The molecule has 0 fully saturated rings. The van der Waals surface area contributed by atoms with Crippen molar-refractivity contribution < 1.29 is 19.0 Å². The van der Waals surface area contributed by atoms with Crippen LogP contribution >= 0.6 is 0 Å². The first-order valence-corrected chi connectivity index (χ1v) is 10.9. The smallest absolute Gasteiger partial charge is 0.407 e.